The predicted octanol–water partition coefficient (Wildman–Crippen LogP) is 0.397. The Bertz CT molecular complexity index is 48.1. The van der Waals surface area contributed by atoms with Crippen LogP contribution in [0.3, 0.4) is 0 Å². The van der Waals surface area contributed by atoms with Gasteiger partial charge >= 0.3 is 6.16 Å². The van der Waals surface area contributed by atoms with Crippen molar-refractivity contribution in [1.82, 2.24) is 0 Å². The second kappa shape index (κ2) is 5.93. The molecular formula is C3H6O3Pd. The average molecular weight is 196 g/mol. The molecule has 0 amide bonds. The van der Waals surface area contributed by atoms with Crippen molar-refractivity contribution in [1.29, 1.82) is 0 Å². The van der Waals surface area contributed by atoms with E-state index >= 15 is 0 Å². The number of hydrogen-bond acceptors (Lipinski definition) is 3. The maximum atomic E-state index is 9.74. The predicted molar refractivity (Wildman–Crippen MR) is 19.4 cm³/mol. The van der Waals surface area contributed by atoms with E-state index < -0.39 is 6.16 Å². The van der Waals surface area contributed by atoms with E-state index in [1.165, 1.54) is 14.2 Å². The molecule has 3 nitrogen and oxygen atoms in total. The van der Waals surface area contributed by atoms with Gasteiger partial charge in [0.1, 0.15) is 0 Å². The van der Waals surface area contributed by atoms with Crippen molar-refractivity contribution in [2.45, 2.75) is 0 Å². The van der Waals surface area contributed by atoms with E-state index in [9.17, 15) is 4.79 Å². The molecule has 0 unspecified atom stereocenters. The van der Waals surface area contributed by atoms with Gasteiger partial charge in [-0.15, -0.1) is 0 Å². The number of rotatable bonds is 0. The van der Waals surface area contributed by atoms with Crippen molar-refractivity contribution >= 4 is 6.16 Å². The van der Waals surface area contributed by atoms with Crippen LogP contribution in [0.5, 0.6) is 0 Å². The summed E-state index contributed by atoms with van der Waals surface area (Å²) in [7, 11) is 2.51. The summed E-state index contributed by atoms with van der Waals surface area (Å²) >= 11 is 0. The Morgan fingerprint density at radius 3 is 1.57 bits per heavy atom. The minimum Gasteiger partial charge on any atom is -0.438 e. The molecule has 0 atom stereocenters. The Morgan fingerprint density at radius 1 is 1.29 bits per heavy atom. The van der Waals surface area contributed by atoms with Gasteiger partial charge in [-0.05, 0) is 0 Å². The summed E-state index contributed by atoms with van der Waals surface area (Å²) in [5, 5.41) is 0. The molecule has 0 spiro atoms. The third-order valence-electron chi connectivity index (χ3n) is 0.333. The topological polar surface area (TPSA) is 35.5 Å². The fraction of sp³-hybridized carbons (Fsp3) is 0.667. The van der Waals surface area contributed by atoms with Crippen molar-refractivity contribution in [3.63, 3.8) is 0 Å². The van der Waals surface area contributed by atoms with Gasteiger partial charge in [0, 0.05) is 20.4 Å². The van der Waals surface area contributed by atoms with Crippen LogP contribution in [-0.2, 0) is 29.9 Å². The summed E-state index contributed by atoms with van der Waals surface area (Å²) in [6.45, 7) is 0. The summed E-state index contributed by atoms with van der Waals surface area (Å²) in [5.74, 6) is 0. The molecule has 0 aromatic rings. The number of carbonyl (C=O) groups is 1. The minimum absolute atomic E-state index is 0. The second-order valence-corrected chi connectivity index (χ2v) is 0.658. The van der Waals surface area contributed by atoms with Gasteiger partial charge in [0.2, 0.25) is 0 Å². The molecule has 0 bridgehead atoms. The van der Waals surface area contributed by atoms with Crippen molar-refractivity contribution in [2.75, 3.05) is 14.2 Å². The third kappa shape index (κ3) is 5.93. The van der Waals surface area contributed by atoms with Gasteiger partial charge in [-0.25, -0.2) is 4.79 Å². The van der Waals surface area contributed by atoms with Crippen molar-refractivity contribution < 1.29 is 34.7 Å². The van der Waals surface area contributed by atoms with Crippen LogP contribution < -0.4 is 0 Å². The van der Waals surface area contributed by atoms with Gasteiger partial charge < -0.3 is 9.47 Å². The molecule has 0 fully saturated rings. The standard InChI is InChI=1S/C3H6O3.Pd/c1-5-3(4)6-2;/h1-2H3;. The van der Waals surface area contributed by atoms with Gasteiger partial charge in [-0.3, -0.25) is 0 Å². The van der Waals surface area contributed by atoms with Gasteiger partial charge in [0.15, 0.2) is 0 Å². The first-order chi connectivity index (χ1) is 2.81. The molecule has 0 aromatic carbocycles. The van der Waals surface area contributed by atoms with Crippen LogP contribution in [0, 0.1) is 0 Å². The quantitative estimate of drug-likeness (QED) is 0.416. The van der Waals surface area contributed by atoms with Gasteiger partial charge in [-0.1, -0.05) is 0 Å². The maximum Gasteiger partial charge on any atom is 0.507 e. The number of ether oxygens (including phenoxy) is 2. The molecule has 0 saturated heterocycles. The normalized spacial score (nSPS) is 6.00. The molecule has 0 aliphatic carbocycles. The number of methoxy groups -OCH3 is 2. The van der Waals surface area contributed by atoms with Crippen LogP contribution in [0.1, 0.15) is 0 Å². The van der Waals surface area contributed by atoms with Crippen LogP contribution in [0.25, 0.3) is 0 Å². The first-order valence-electron chi connectivity index (χ1n) is 1.43. The van der Waals surface area contributed by atoms with Crippen LogP contribution >= 0.6 is 0 Å². The molecule has 0 aliphatic heterocycles. The van der Waals surface area contributed by atoms with E-state index in [2.05, 4.69) is 9.47 Å². The molecule has 7 heavy (non-hydrogen) atoms. The molecule has 0 rings (SSSR count). The minimum atomic E-state index is -0.657. The molecule has 0 radical (unpaired) electrons. The molecule has 0 heterocycles. The Kier molecular flexibility index (Phi) is 8.50. The monoisotopic (exact) mass is 196 g/mol. The van der Waals surface area contributed by atoms with Crippen LogP contribution in [0.15, 0.2) is 0 Å². The Balaban J connectivity index is 0. The van der Waals surface area contributed by atoms with Gasteiger partial charge in [0.25, 0.3) is 0 Å². The van der Waals surface area contributed by atoms with E-state index in [4.69, 9.17) is 0 Å². The first-order valence-corrected chi connectivity index (χ1v) is 1.43. The van der Waals surface area contributed by atoms with Gasteiger partial charge in [0.05, 0.1) is 14.2 Å². The van der Waals surface area contributed by atoms with E-state index in [0.717, 1.165) is 0 Å². The largest absolute Gasteiger partial charge is 0.507 e. The average Bonchev–Trinajstić information content (AvgIpc) is 1.65. The molecule has 4 heteroatoms. The van der Waals surface area contributed by atoms with Crippen molar-refractivity contribution in [2.24, 2.45) is 0 Å². The molecule has 0 aliphatic rings. The van der Waals surface area contributed by atoms with Gasteiger partial charge in [-0.2, -0.15) is 0 Å². The third-order valence-corrected chi connectivity index (χ3v) is 0.333. The Hall–Kier alpha value is -0.0677. The Morgan fingerprint density at radius 2 is 1.57 bits per heavy atom. The van der Waals surface area contributed by atoms with Crippen LogP contribution in [0.2, 0.25) is 0 Å². The molecule has 46 valence electrons. The molecule has 0 N–H and O–H groups in total. The fourth-order valence-corrected chi connectivity index (χ4v) is 0.0833. The van der Waals surface area contributed by atoms with E-state index in [0.29, 0.717) is 0 Å². The van der Waals surface area contributed by atoms with E-state index in [1.807, 2.05) is 0 Å². The fourth-order valence-electron chi connectivity index (χ4n) is 0.0833. The number of hydrogen-bond donors (Lipinski definition) is 0. The van der Waals surface area contributed by atoms with E-state index in [-0.39, 0.29) is 20.4 Å². The molecule has 0 saturated carbocycles. The van der Waals surface area contributed by atoms with Crippen molar-refractivity contribution in [3.8, 4) is 0 Å². The second-order valence-electron chi connectivity index (χ2n) is 0.658. The summed E-state index contributed by atoms with van der Waals surface area (Å²) in [4.78, 5) is 9.74. The SMILES string of the molecule is COC(=O)OC.[Pd]. The Labute approximate surface area is 55.6 Å². The van der Waals surface area contributed by atoms with Crippen LogP contribution in [0.4, 0.5) is 4.79 Å². The summed E-state index contributed by atoms with van der Waals surface area (Å²) in [6.07, 6.45) is -0.657. The summed E-state index contributed by atoms with van der Waals surface area (Å²) < 4.78 is 8.08. The zero-order valence-corrected chi connectivity index (χ0v) is 5.60. The van der Waals surface area contributed by atoms with E-state index in [1.54, 1.807) is 0 Å². The summed E-state index contributed by atoms with van der Waals surface area (Å²) in [5.41, 5.74) is 0. The zero-order valence-electron chi connectivity index (χ0n) is 4.04. The molecule has 0 aromatic heterocycles. The summed E-state index contributed by atoms with van der Waals surface area (Å²) in [6, 6.07) is 0. The molecular weight excluding hydrogens is 190 g/mol. The first kappa shape index (κ1) is 10.0. The van der Waals surface area contributed by atoms with Crippen LogP contribution in [-0.4, -0.2) is 20.4 Å². The number of carbonyl (C=O) groups excluding carboxylic acids is 1. The van der Waals surface area contributed by atoms with Crippen molar-refractivity contribution in [3.05, 3.63) is 0 Å². The maximum absolute atomic E-state index is 9.74. The zero-order chi connectivity index (χ0) is 4.99. The smallest absolute Gasteiger partial charge is 0.438 e.